The number of nitrogens with zero attached hydrogens (tertiary/aromatic N) is 2. The van der Waals surface area contributed by atoms with Crippen LogP contribution in [0, 0.1) is 3.57 Å². The average Bonchev–Trinajstić information content (AvgIpc) is 2.56. The molecule has 19 heavy (non-hydrogen) atoms. The second-order valence-electron chi connectivity index (χ2n) is 3.95. The molecule has 6 nitrogen and oxygen atoms in total. The summed E-state index contributed by atoms with van der Waals surface area (Å²) in [4.78, 5) is 14.9. The van der Waals surface area contributed by atoms with Gasteiger partial charge in [0.1, 0.15) is 11.9 Å². The van der Waals surface area contributed by atoms with Crippen molar-refractivity contribution in [1.29, 1.82) is 0 Å². The highest BCUT2D eigenvalue weighted by Gasteiger charge is 2.60. The van der Waals surface area contributed by atoms with Crippen molar-refractivity contribution in [3.63, 3.8) is 0 Å². The molecule has 3 N–H and O–H groups in total. The van der Waals surface area contributed by atoms with Crippen molar-refractivity contribution in [3.8, 4) is 0 Å². The molecule has 1 saturated heterocycles. The molecule has 1 aliphatic heterocycles. The largest absolute Gasteiger partial charge is 0.394 e. The molecule has 1 fully saturated rings. The number of nitrogens with two attached hydrogens (primary N) is 1. The van der Waals surface area contributed by atoms with E-state index in [4.69, 9.17) is 15.6 Å². The summed E-state index contributed by atoms with van der Waals surface area (Å²) >= 11 is 1.69. The van der Waals surface area contributed by atoms with Crippen molar-refractivity contribution in [1.82, 2.24) is 9.55 Å². The lowest BCUT2D eigenvalue weighted by Crippen LogP contribution is -2.40. The molecule has 1 aliphatic rings. The van der Waals surface area contributed by atoms with Gasteiger partial charge in [-0.25, -0.2) is 9.18 Å². The summed E-state index contributed by atoms with van der Waals surface area (Å²) in [7, 11) is 0. The fraction of sp³-hybridized carbons (Fsp3) is 0.556. The number of anilines is 1. The summed E-state index contributed by atoms with van der Waals surface area (Å²) < 4.78 is 46.3. The normalized spacial score (nSPS) is 29.6. The van der Waals surface area contributed by atoms with Crippen molar-refractivity contribution in [2.24, 2.45) is 0 Å². The molecule has 0 amide bonds. The maximum atomic E-state index is 13.7. The molecule has 2 heterocycles. The second-order valence-corrected chi connectivity index (χ2v) is 5.11. The maximum absolute atomic E-state index is 13.7. The number of ether oxygens (including phenoxy) is 1. The summed E-state index contributed by atoms with van der Waals surface area (Å²) in [5.74, 6) is -4.06. The molecule has 1 aromatic rings. The molecule has 3 unspecified atom stereocenters. The number of halogens is 4. The zero-order valence-corrected chi connectivity index (χ0v) is 11.4. The monoisotopic (exact) mass is 391 g/mol. The standard InChI is InChI=1S/C9H9F3IN3O3/c10-5-4(2-17)19-7(9(5,11)12)16-1-3(13)6(14)15-8(16)18/h1,4-5,7,17H,2H2,(H2,14,15,18). The van der Waals surface area contributed by atoms with Gasteiger partial charge in [-0.05, 0) is 22.6 Å². The number of rotatable bonds is 2. The lowest BCUT2D eigenvalue weighted by molar-refractivity contribution is -0.130. The Bertz CT molecular complexity index is 553. The number of nitrogen functional groups attached to an aromatic ring is 1. The molecule has 10 heteroatoms. The predicted octanol–water partition coefficient (Wildman–Crippen LogP) is 0.293. The van der Waals surface area contributed by atoms with Crippen LogP contribution in [0.5, 0.6) is 0 Å². The quantitative estimate of drug-likeness (QED) is 0.708. The number of aliphatic hydroxyl groups is 1. The smallest absolute Gasteiger partial charge is 0.351 e. The van der Waals surface area contributed by atoms with Crippen LogP contribution in [-0.4, -0.2) is 39.5 Å². The fourth-order valence-corrected chi connectivity index (χ4v) is 2.14. The van der Waals surface area contributed by atoms with Gasteiger partial charge in [-0.15, -0.1) is 0 Å². The molecule has 2 rings (SSSR count). The van der Waals surface area contributed by atoms with Gasteiger partial charge in [0.05, 0.1) is 10.2 Å². The van der Waals surface area contributed by atoms with E-state index in [0.717, 1.165) is 6.20 Å². The van der Waals surface area contributed by atoms with E-state index in [0.29, 0.717) is 4.57 Å². The molecule has 106 valence electrons. The Balaban J connectivity index is 2.48. The summed E-state index contributed by atoms with van der Waals surface area (Å²) in [5.41, 5.74) is 4.29. The minimum atomic E-state index is -3.95. The number of alkyl halides is 3. The van der Waals surface area contributed by atoms with Gasteiger partial charge >= 0.3 is 11.6 Å². The lowest BCUT2D eigenvalue weighted by atomic mass is 10.1. The zero-order valence-electron chi connectivity index (χ0n) is 9.26. The van der Waals surface area contributed by atoms with Gasteiger partial charge < -0.3 is 15.6 Å². The minimum Gasteiger partial charge on any atom is -0.394 e. The highest BCUT2D eigenvalue weighted by molar-refractivity contribution is 14.1. The third-order valence-electron chi connectivity index (χ3n) is 2.69. The topological polar surface area (TPSA) is 90.4 Å². The molecule has 0 bridgehead atoms. The van der Waals surface area contributed by atoms with Crippen molar-refractivity contribution in [3.05, 3.63) is 20.3 Å². The molecule has 0 spiro atoms. The first kappa shape index (κ1) is 14.5. The third-order valence-corrected chi connectivity index (χ3v) is 3.52. The van der Waals surface area contributed by atoms with Crippen LogP contribution in [0.25, 0.3) is 0 Å². The van der Waals surface area contributed by atoms with Crippen LogP contribution >= 0.6 is 22.6 Å². The minimum absolute atomic E-state index is 0.112. The molecule has 3 atom stereocenters. The van der Waals surface area contributed by atoms with Crippen molar-refractivity contribution >= 4 is 28.4 Å². The van der Waals surface area contributed by atoms with E-state index in [2.05, 4.69) is 4.98 Å². The predicted molar refractivity (Wildman–Crippen MR) is 66.5 cm³/mol. The Morgan fingerprint density at radius 1 is 1.63 bits per heavy atom. The Hall–Kier alpha value is -0.880. The van der Waals surface area contributed by atoms with Crippen LogP contribution in [0.3, 0.4) is 0 Å². The van der Waals surface area contributed by atoms with Crippen molar-refractivity contribution in [2.75, 3.05) is 12.3 Å². The Morgan fingerprint density at radius 3 is 2.79 bits per heavy atom. The van der Waals surface area contributed by atoms with E-state index < -0.39 is 36.7 Å². The van der Waals surface area contributed by atoms with Crippen LogP contribution in [0.2, 0.25) is 0 Å². The molecule has 1 aromatic heterocycles. The SMILES string of the molecule is Nc1nc(=O)n(C2OC(CO)C(F)C2(F)F)cc1I. The number of aromatic nitrogens is 2. The molecular weight excluding hydrogens is 382 g/mol. The van der Waals surface area contributed by atoms with E-state index in [1.807, 2.05) is 0 Å². The summed E-state index contributed by atoms with van der Waals surface area (Å²) in [6.45, 7) is -0.915. The highest BCUT2D eigenvalue weighted by Crippen LogP contribution is 2.43. The van der Waals surface area contributed by atoms with E-state index >= 15 is 0 Å². The number of hydrogen-bond donors (Lipinski definition) is 2. The number of hydrogen-bond acceptors (Lipinski definition) is 5. The van der Waals surface area contributed by atoms with E-state index in [1.54, 1.807) is 22.6 Å². The van der Waals surface area contributed by atoms with Gasteiger partial charge in [-0.1, -0.05) is 0 Å². The summed E-state index contributed by atoms with van der Waals surface area (Å²) in [6.07, 6.45) is -5.54. The Labute approximate surface area is 118 Å². The van der Waals surface area contributed by atoms with Crippen LogP contribution < -0.4 is 11.4 Å². The van der Waals surface area contributed by atoms with Crippen LogP contribution in [0.1, 0.15) is 6.23 Å². The fourth-order valence-electron chi connectivity index (χ4n) is 1.72. The number of aliphatic hydroxyl groups excluding tert-OH is 1. The zero-order chi connectivity index (χ0) is 14.4. The van der Waals surface area contributed by atoms with E-state index in [1.165, 1.54) is 0 Å². The first-order valence-electron chi connectivity index (χ1n) is 5.11. The first-order chi connectivity index (χ1) is 8.78. The van der Waals surface area contributed by atoms with Gasteiger partial charge in [-0.2, -0.15) is 13.8 Å². The molecule has 0 aromatic carbocycles. The molecular formula is C9H9F3IN3O3. The highest BCUT2D eigenvalue weighted by atomic mass is 127. The van der Waals surface area contributed by atoms with Crippen molar-refractivity contribution < 1.29 is 23.0 Å². The van der Waals surface area contributed by atoms with Gasteiger partial charge in [-0.3, -0.25) is 4.57 Å². The summed E-state index contributed by atoms with van der Waals surface area (Å²) in [6, 6.07) is 0. The van der Waals surface area contributed by atoms with Crippen LogP contribution in [0.4, 0.5) is 19.0 Å². The van der Waals surface area contributed by atoms with Crippen LogP contribution in [-0.2, 0) is 4.74 Å². The lowest BCUT2D eigenvalue weighted by Gasteiger charge is -2.20. The average molecular weight is 391 g/mol. The Morgan fingerprint density at radius 2 is 2.26 bits per heavy atom. The second kappa shape index (κ2) is 4.90. The Kier molecular flexibility index (Phi) is 3.75. The van der Waals surface area contributed by atoms with Crippen molar-refractivity contribution in [2.45, 2.75) is 24.4 Å². The maximum Gasteiger partial charge on any atom is 0.351 e. The first-order valence-corrected chi connectivity index (χ1v) is 6.19. The van der Waals surface area contributed by atoms with Gasteiger partial charge in [0.25, 0.3) is 0 Å². The summed E-state index contributed by atoms with van der Waals surface area (Å²) in [5, 5.41) is 8.78. The molecule has 0 radical (unpaired) electrons. The third kappa shape index (κ3) is 2.31. The van der Waals surface area contributed by atoms with Gasteiger partial charge in [0, 0.05) is 6.20 Å². The van der Waals surface area contributed by atoms with Gasteiger partial charge in [0.15, 0.2) is 6.17 Å². The van der Waals surface area contributed by atoms with Crippen LogP contribution in [0.15, 0.2) is 11.0 Å². The molecule has 0 saturated carbocycles. The van der Waals surface area contributed by atoms with E-state index in [9.17, 15) is 18.0 Å². The van der Waals surface area contributed by atoms with Gasteiger partial charge in [0.2, 0.25) is 6.23 Å². The van der Waals surface area contributed by atoms with E-state index in [-0.39, 0.29) is 9.39 Å². The molecule has 0 aliphatic carbocycles.